The zero-order valence-corrected chi connectivity index (χ0v) is 16.8. The molecule has 2 aliphatic heterocycles. The summed E-state index contributed by atoms with van der Waals surface area (Å²) >= 11 is 0. The zero-order chi connectivity index (χ0) is 20.5. The van der Waals surface area contributed by atoms with Crippen molar-refractivity contribution in [1.29, 1.82) is 0 Å². The topological polar surface area (TPSA) is 40.6 Å². The number of hydrogen-bond acceptors (Lipinski definition) is 3. The van der Waals surface area contributed by atoms with Crippen molar-refractivity contribution in [2.24, 2.45) is 5.92 Å². The Morgan fingerprint density at radius 2 is 1.55 bits per heavy atom. The fraction of sp³-hybridized carbons (Fsp3) is 0.333. The van der Waals surface area contributed by atoms with Gasteiger partial charge in [-0.05, 0) is 48.9 Å². The van der Waals surface area contributed by atoms with E-state index in [-0.39, 0.29) is 24.2 Å². The average molecular weight is 392 g/mol. The molecule has 0 radical (unpaired) electrons. The summed E-state index contributed by atoms with van der Waals surface area (Å²) in [5.74, 6) is -0.257. The highest BCUT2D eigenvalue weighted by Crippen LogP contribution is 2.34. The molecule has 1 saturated heterocycles. The van der Waals surface area contributed by atoms with Gasteiger partial charge in [0.25, 0.3) is 11.8 Å². The zero-order valence-electron chi connectivity index (χ0n) is 16.8. The Balaban J connectivity index is 1.71. The molecular formula is C24H25FN2O2. The lowest BCUT2D eigenvalue weighted by Crippen LogP contribution is -2.38. The molecule has 2 aromatic carbocycles. The second-order valence-corrected chi connectivity index (χ2v) is 8.08. The standard InChI is InChI=1S/C24H25FN2O2/c1-16-3-7-19(8-4-16)21-22(26-13-11-17(2)12-14-26)24(29)27(23(21)28)15-18-5-9-20(25)10-6-18/h3-10,17H,11-15H2,1-2H3. The molecule has 2 aliphatic rings. The van der Waals surface area contributed by atoms with Gasteiger partial charge in [-0.25, -0.2) is 4.39 Å². The minimum absolute atomic E-state index is 0.140. The largest absolute Gasteiger partial charge is 0.366 e. The van der Waals surface area contributed by atoms with E-state index in [0.29, 0.717) is 17.2 Å². The molecule has 0 spiro atoms. The van der Waals surface area contributed by atoms with Gasteiger partial charge in [0.15, 0.2) is 0 Å². The van der Waals surface area contributed by atoms with Crippen LogP contribution in [0.3, 0.4) is 0 Å². The number of amides is 2. The van der Waals surface area contributed by atoms with Crippen LogP contribution < -0.4 is 0 Å². The van der Waals surface area contributed by atoms with E-state index in [2.05, 4.69) is 11.8 Å². The van der Waals surface area contributed by atoms with Crippen molar-refractivity contribution >= 4 is 17.4 Å². The molecule has 0 N–H and O–H groups in total. The molecular weight excluding hydrogens is 367 g/mol. The van der Waals surface area contributed by atoms with Gasteiger partial charge in [0.2, 0.25) is 0 Å². The molecule has 0 aliphatic carbocycles. The summed E-state index contributed by atoms with van der Waals surface area (Å²) in [6.07, 6.45) is 2.01. The van der Waals surface area contributed by atoms with Crippen LogP contribution in [0.1, 0.15) is 36.5 Å². The number of hydrogen-bond donors (Lipinski definition) is 0. The fourth-order valence-corrected chi connectivity index (χ4v) is 3.99. The first-order valence-corrected chi connectivity index (χ1v) is 10.1. The van der Waals surface area contributed by atoms with Gasteiger partial charge in [0, 0.05) is 13.1 Å². The van der Waals surface area contributed by atoms with Gasteiger partial charge in [-0.3, -0.25) is 14.5 Å². The van der Waals surface area contributed by atoms with Crippen molar-refractivity contribution in [2.45, 2.75) is 33.2 Å². The first-order chi connectivity index (χ1) is 13.9. The van der Waals surface area contributed by atoms with E-state index < -0.39 is 0 Å². The van der Waals surface area contributed by atoms with Crippen LogP contribution in [0.15, 0.2) is 54.2 Å². The molecule has 4 nitrogen and oxygen atoms in total. The van der Waals surface area contributed by atoms with E-state index in [4.69, 9.17) is 0 Å². The van der Waals surface area contributed by atoms with Gasteiger partial charge in [-0.15, -0.1) is 0 Å². The maximum Gasteiger partial charge on any atom is 0.278 e. The molecule has 5 heteroatoms. The van der Waals surface area contributed by atoms with Gasteiger partial charge < -0.3 is 4.90 Å². The second kappa shape index (κ2) is 7.82. The van der Waals surface area contributed by atoms with Crippen molar-refractivity contribution < 1.29 is 14.0 Å². The van der Waals surface area contributed by atoms with Gasteiger partial charge in [0.05, 0.1) is 12.1 Å². The van der Waals surface area contributed by atoms with Crippen molar-refractivity contribution in [3.05, 3.63) is 76.7 Å². The average Bonchev–Trinajstić information content (AvgIpc) is 2.96. The number of likely N-dealkylation sites (tertiary alicyclic amines) is 1. The van der Waals surface area contributed by atoms with Gasteiger partial charge in [-0.2, -0.15) is 0 Å². The van der Waals surface area contributed by atoms with E-state index >= 15 is 0 Å². The molecule has 4 rings (SSSR count). The Bertz CT molecular complexity index is 955. The monoisotopic (exact) mass is 392 g/mol. The summed E-state index contributed by atoms with van der Waals surface area (Å²) in [7, 11) is 0. The van der Waals surface area contributed by atoms with Gasteiger partial charge >= 0.3 is 0 Å². The van der Waals surface area contributed by atoms with Crippen molar-refractivity contribution in [3.63, 3.8) is 0 Å². The van der Waals surface area contributed by atoms with Crippen molar-refractivity contribution in [1.82, 2.24) is 9.80 Å². The van der Waals surface area contributed by atoms with Crippen LogP contribution in [0.5, 0.6) is 0 Å². The van der Waals surface area contributed by atoms with Crippen molar-refractivity contribution in [2.75, 3.05) is 13.1 Å². The summed E-state index contributed by atoms with van der Waals surface area (Å²) in [5, 5.41) is 0. The highest BCUT2D eigenvalue weighted by atomic mass is 19.1. The number of halogens is 1. The SMILES string of the molecule is Cc1ccc(C2=C(N3CCC(C)CC3)C(=O)N(Cc3ccc(F)cc3)C2=O)cc1. The van der Waals surface area contributed by atoms with Crippen LogP contribution in [-0.2, 0) is 16.1 Å². The third kappa shape index (κ3) is 3.82. The van der Waals surface area contributed by atoms with Crippen LogP contribution in [-0.4, -0.2) is 34.7 Å². The van der Waals surface area contributed by atoms with E-state index in [9.17, 15) is 14.0 Å². The summed E-state index contributed by atoms with van der Waals surface area (Å²) in [5.41, 5.74) is 3.58. The first-order valence-electron chi connectivity index (χ1n) is 10.1. The Hall–Kier alpha value is -2.95. The number of nitrogens with zero attached hydrogens (tertiary/aromatic N) is 2. The predicted octanol–water partition coefficient (Wildman–Crippen LogP) is 4.15. The minimum Gasteiger partial charge on any atom is -0.366 e. The van der Waals surface area contributed by atoms with E-state index in [1.807, 2.05) is 31.2 Å². The summed E-state index contributed by atoms with van der Waals surface area (Å²) < 4.78 is 13.2. The number of carbonyl (C=O) groups is 2. The van der Waals surface area contributed by atoms with Crippen LogP contribution in [0.4, 0.5) is 4.39 Å². The lowest BCUT2D eigenvalue weighted by atomic mass is 9.97. The molecule has 2 heterocycles. The van der Waals surface area contributed by atoms with Crippen LogP contribution in [0.25, 0.3) is 5.57 Å². The molecule has 0 aromatic heterocycles. The maximum atomic E-state index is 13.4. The number of imide groups is 1. The number of benzene rings is 2. The highest BCUT2D eigenvalue weighted by Gasteiger charge is 2.42. The van der Waals surface area contributed by atoms with Gasteiger partial charge in [-0.1, -0.05) is 48.9 Å². The Morgan fingerprint density at radius 1 is 0.931 bits per heavy atom. The van der Waals surface area contributed by atoms with Crippen LogP contribution in [0.2, 0.25) is 0 Å². The molecule has 2 aromatic rings. The third-order valence-electron chi connectivity index (χ3n) is 5.84. The lowest BCUT2D eigenvalue weighted by molar-refractivity contribution is -0.138. The predicted molar refractivity (Wildman–Crippen MR) is 110 cm³/mol. The molecule has 29 heavy (non-hydrogen) atoms. The van der Waals surface area contributed by atoms with Crippen molar-refractivity contribution in [3.8, 4) is 0 Å². The number of piperidine rings is 1. The van der Waals surface area contributed by atoms with E-state index in [1.165, 1.54) is 17.0 Å². The van der Waals surface area contributed by atoms with Gasteiger partial charge in [0.1, 0.15) is 11.5 Å². The quantitative estimate of drug-likeness (QED) is 0.734. The number of aryl methyl sites for hydroxylation is 1. The summed E-state index contributed by atoms with van der Waals surface area (Å²) in [6.45, 7) is 5.90. The highest BCUT2D eigenvalue weighted by molar-refractivity contribution is 6.35. The molecule has 0 atom stereocenters. The van der Waals surface area contributed by atoms with E-state index in [1.54, 1.807) is 12.1 Å². The number of rotatable bonds is 4. The second-order valence-electron chi connectivity index (χ2n) is 8.08. The fourth-order valence-electron chi connectivity index (χ4n) is 3.99. The lowest BCUT2D eigenvalue weighted by Gasteiger charge is -2.32. The minimum atomic E-state index is -0.339. The molecule has 0 unspecified atom stereocenters. The van der Waals surface area contributed by atoms with Crippen LogP contribution >= 0.6 is 0 Å². The number of carbonyl (C=O) groups excluding carboxylic acids is 2. The molecule has 1 fully saturated rings. The molecule has 2 amide bonds. The summed E-state index contributed by atoms with van der Waals surface area (Å²) in [4.78, 5) is 30.0. The van der Waals surface area contributed by atoms with E-state index in [0.717, 1.165) is 42.6 Å². The Kier molecular flexibility index (Phi) is 5.22. The first kappa shape index (κ1) is 19.4. The normalized spacial score (nSPS) is 18.2. The maximum absolute atomic E-state index is 13.4. The molecule has 150 valence electrons. The Labute approximate surface area is 170 Å². The molecule has 0 bridgehead atoms. The molecule has 0 saturated carbocycles. The summed E-state index contributed by atoms with van der Waals surface area (Å²) in [6, 6.07) is 13.7. The smallest absolute Gasteiger partial charge is 0.278 e. The van der Waals surface area contributed by atoms with Crippen LogP contribution in [0, 0.1) is 18.7 Å². The Morgan fingerprint density at radius 3 is 2.17 bits per heavy atom. The third-order valence-corrected chi connectivity index (χ3v) is 5.84.